The van der Waals surface area contributed by atoms with Crippen LogP contribution in [0.5, 0.6) is 138 Å². The highest BCUT2D eigenvalue weighted by molar-refractivity contribution is 5.72. The van der Waals surface area contributed by atoms with E-state index >= 15 is 0 Å². The maximum Gasteiger partial charge on any atom is 0.200 e. The molecule has 0 fully saturated rings. The monoisotopic (exact) mass is 1480 g/mol. The van der Waals surface area contributed by atoms with E-state index in [1.807, 2.05) is 55.4 Å². The number of hydrogen-bond acceptors (Lipinski definition) is 24. The molecule has 0 saturated carbocycles. The van der Waals surface area contributed by atoms with E-state index in [2.05, 4.69) is 0 Å². The maximum absolute atomic E-state index is 10.8. The van der Waals surface area contributed by atoms with Gasteiger partial charge in [0.25, 0.3) is 0 Å². The van der Waals surface area contributed by atoms with Gasteiger partial charge in [-0.2, -0.15) is 0 Å². The summed E-state index contributed by atoms with van der Waals surface area (Å²) in [5.41, 5.74) is 6.49. The van der Waals surface area contributed by atoms with Crippen LogP contribution in [0.3, 0.4) is 0 Å². The smallest absolute Gasteiger partial charge is 0.200 e. The summed E-state index contributed by atoms with van der Waals surface area (Å²) < 4.78 is 0. The Labute approximate surface area is 620 Å². The van der Waals surface area contributed by atoms with Crippen LogP contribution in [0.25, 0.3) is 22.3 Å². The second kappa shape index (κ2) is 34.9. The van der Waals surface area contributed by atoms with Crippen molar-refractivity contribution in [3.05, 3.63) is 261 Å². The van der Waals surface area contributed by atoms with E-state index in [-0.39, 0.29) is 22.3 Å². The first-order valence-electron chi connectivity index (χ1n) is 33.9. The fraction of sp³-hybridized carbons (Fsp3) is 0.143. The summed E-state index contributed by atoms with van der Waals surface area (Å²) in [5.74, 6) is -19.3. The second-order valence-electron chi connectivity index (χ2n) is 23.3. The van der Waals surface area contributed by atoms with Crippen molar-refractivity contribution in [3.63, 3.8) is 0 Å². The van der Waals surface area contributed by atoms with Crippen molar-refractivity contribution >= 4 is 0 Å². The number of phenols is 24. The minimum Gasteiger partial charge on any atom is -0.504 e. The van der Waals surface area contributed by atoms with Gasteiger partial charge in [-0.05, 0) is 140 Å². The highest BCUT2D eigenvalue weighted by Crippen LogP contribution is 2.54. The van der Waals surface area contributed by atoms with Gasteiger partial charge in [0.2, 0.25) is 23.0 Å². The van der Waals surface area contributed by atoms with Gasteiger partial charge in [-0.25, -0.2) is 0 Å². The Morgan fingerprint density at radius 3 is 0.444 bits per heavy atom. The first kappa shape index (κ1) is 81.1. The van der Waals surface area contributed by atoms with Crippen LogP contribution in [0.4, 0.5) is 0 Å². The van der Waals surface area contributed by atoms with Crippen LogP contribution in [0.1, 0.15) is 146 Å². The Hall–Kier alpha value is -14.2. The first-order valence-corrected chi connectivity index (χ1v) is 33.9. The normalized spacial score (nSPS) is 10.7. The Balaban J connectivity index is 0.000000276. The summed E-state index contributed by atoms with van der Waals surface area (Å²) >= 11 is 0. The highest BCUT2D eigenvalue weighted by atomic mass is 16.4. The van der Waals surface area contributed by atoms with Gasteiger partial charge < -0.3 is 123 Å². The number of aromatic hydroxyl groups is 24. The van der Waals surface area contributed by atoms with Crippen LogP contribution in [-0.2, 0) is 0 Å². The first-order chi connectivity index (χ1) is 51.5. The lowest BCUT2D eigenvalue weighted by atomic mass is 9.82. The molecule has 0 aliphatic carbocycles. The topological polar surface area (TPSA) is 486 Å². The summed E-state index contributed by atoms with van der Waals surface area (Å²) in [6.45, 7) is 16.0. The van der Waals surface area contributed by atoms with Gasteiger partial charge in [0, 0.05) is 45.9 Å². The molecule has 0 aliphatic heterocycles. The molecule has 0 amide bonds. The van der Waals surface area contributed by atoms with Crippen LogP contribution in [0.2, 0.25) is 0 Å². The molecule has 108 heavy (non-hydrogen) atoms. The summed E-state index contributed by atoms with van der Waals surface area (Å²) in [5, 5.41) is 245. The molecule has 24 heteroatoms. The van der Waals surface area contributed by atoms with E-state index in [9.17, 15) is 123 Å². The van der Waals surface area contributed by atoms with Crippen molar-refractivity contribution in [2.45, 2.75) is 79.1 Å². The van der Waals surface area contributed by atoms with Crippen molar-refractivity contribution in [1.29, 1.82) is 0 Å². The molecule has 0 saturated heterocycles. The summed E-state index contributed by atoms with van der Waals surface area (Å²) in [6.07, 6.45) is 0. The second-order valence-corrected chi connectivity index (χ2v) is 23.3. The lowest BCUT2D eigenvalue weighted by molar-refractivity contribution is 0.360. The van der Waals surface area contributed by atoms with Crippen LogP contribution < -0.4 is 0 Å². The van der Waals surface area contributed by atoms with Crippen molar-refractivity contribution in [2.24, 2.45) is 0 Å². The summed E-state index contributed by atoms with van der Waals surface area (Å²) in [7, 11) is 0. The molecule has 0 bridgehead atoms. The molecule has 12 aromatic rings. The van der Waals surface area contributed by atoms with E-state index < -0.39 is 162 Å². The average Bonchev–Trinajstić information content (AvgIpc) is 0.770. The highest BCUT2D eigenvalue weighted by Gasteiger charge is 2.31. The molecule has 0 aromatic heterocycles. The maximum atomic E-state index is 10.8. The fourth-order valence-electron chi connectivity index (χ4n) is 12.1. The van der Waals surface area contributed by atoms with Crippen molar-refractivity contribution in [2.75, 3.05) is 0 Å². The van der Waals surface area contributed by atoms with Gasteiger partial charge in [-0.3, -0.25) is 0 Å². The molecule has 24 nitrogen and oxygen atoms in total. The van der Waals surface area contributed by atoms with Crippen molar-refractivity contribution < 1.29 is 123 Å². The van der Waals surface area contributed by atoms with Crippen LogP contribution in [-0.4, -0.2) is 123 Å². The van der Waals surface area contributed by atoms with Gasteiger partial charge >= 0.3 is 0 Å². The minimum absolute atomic E-state index is 0.0795. The zero-order chi connectivity index (χ0) is 80.0. The Bertz CT molecular complexity index is 4490. The number of rotatable bonds is 14. The predicted molar refractivity (Wildman–Crippen MR) is 404 cm³/mol. The van der Waals surface area contributed by atoms with Gasteiger partial charge in [-0.1, -0.05) is 177 Å². The molecule has 0 heterocycles. The summed E-state index contributed by atoms with van der Waals surface area (Å²) in [6, 6.07) is 47.6. The lowest BCUT2D eigenvalue weighted by Crippen LogP contribution is -2.05. The van der Waals surface area contributed by atoms with Crippen molar-refractivity contribution in [3.8, 4) is 160 Å². The zero-order valence-electron chi connectivity index (χ0n) is 59.5. The number of hydrogen-bond donors (Lipinski definition) is 24. The standard InChI is InChI=1S/2C38H30O12.4C2H6/c39-25-9-21(10-26(40)35(25)47)33(22-11-27(41)36(48)28(42)12-22)19-5-1-17(2-6-19)18-3-7-20(8-4-18)34(23-13-29(43)37(49)30(44)14-23)24-15-31(45)38(50)32(46)16-24;39-25-13-9-21(31(43)35(25)47)29(22-10-14-26(40)36(48)32(22)44)19-5-1-17(2-6-19)18-3-7-20(8-4-18)30(23-11-15-27(41)37(49)33(23)45)24-12-16-28(42)38(50)34(24)46;4*1-2/h1-16,33-34,39-50H;1-16,29-30,39-50H;4*1-2H3. The Morgan fingerprint density at radius 2 is 0.287 bits per heavy atom. The Kier molecular flexibility index (Phi) is 26.2. The fourth-order valence-corrected chi connectivity index (χ4v) is 12.1. The zero-order valence-corrected chi connectivity index (χ0v) is 59.5. The minimum atomic E-state index is -0.992. The molecule has 0 aliphatic rings. The quantitative estimate of drug-likeness (QED) is 0.0355. The molecule has 0 atom stereocenters. The van der Waals surface area contributed by atoms with Gasteiger partial charge in [0.15, 0.2) is 115 Å². The molecule has 0 unspecified atom stereocenters. The molecule has 0 radical (unpaired) electrons. The SMILES string of the molecule is CC.CC.CC.CC.Oc1cc(C(c2ccc(-c3ccc(C(c4cc(O)c(O)c(O)c4)c4cc(O)c(O)c(O)c4)cc3)cc2)c2cc(O)c(O)c(O)c2)cc(O)c1O.Oc1ccc(C(c2ccc(-c3ccc(C(c4ccc(O)c(O)c4O)c4ccc(O)c(O)c4O)cc3)cc2)c2ccc(O)c(O)c2O)c(O)c1O. The molecular weight excluding hydrogens is 1390 g/mol. The molecule has 12 rings (SSSR count). The van der Waals surface area contributed by atoms with E-state index in [0.717, 1.165) is 35.4 Å². The Morgan fingerprint density at radius 1 is 0.139 bits per heavy atom. The van der Waals surface area contributed by atoms with E-state index in [4.69, 9.17) is 0 Å². The van der Waals surface area contributed by atoms with E-state index in [1.54, 1.807) is 97.1 Å². The van der Waals surface area contributed by atoms with Crippen LogP contribution >= 0.6 is 0 Å². The van der Waals surface area contributed by atoms with Gasteiger partial charge in [0.1, 0.15) is 0 Å². The third-order valence-electron chi connectivity index (χ3n) is 17.2. The molecular formula is C84H84O24. The number of phenolic OH excluding ortho intramolecular Hbond substituents is 24. The van der Waals surface area contributed by atoms with E-state index in [0.29, 0.717) is 55.6 Å². The largest absolute Gasteiger partial charge is 0.504 e. The molecule has 24 N–H and O–H groups in total. The molecule has 12 aromatic carbocycles. The van der Waals surface area contributed by atoms with E-state index in [1.165, 1.54) is 72.8 Å². The van der Waals surface area contributed by atoms with Crippen molar-refractivity contribution in [1.82, 2.24) is 0 Å². The van der Waals surface area contributed by atoms with Crippen LogP contribution in [0, 0.1) is 0 Å². The third-order valence-corrected chi connectivity index (χ3v) is 17.2. The lowest BCUT2D eigenvalue weighted by Gasteiger charge is -2.23. The summed E-state index contributed by atoms with van der Waals surface area (Å²) in [4.78, 5) is 0. The van der Waals surface area contributed by atoms with Crippen LogP contribution in [0.15, 0.2) is 194 Å². The molecule has 564 valence electrons. The van der Waals surface area contributed by atoms with Gasteiger partial charge in [0.05, 0.1) is 0 Å². The number of benzene rings is 12. The van der Waals surface area contributed by atoms with Gasteiger partial charge in [-0.15, -0.1) is 0 Å². The third kappa shape index (κ3) is 16.6. The average molecular weight is 1480 g/mol. The molecule has 0 spiro atoms. The predicted octanol–water partition coefficient (Wildman–Crippen LogP) is 16.5.